The number of hydrogen-bond acceptors (Lipinski definition) is 6. The molecule has 2 aromatic rings. The van der Waals surface area contributed by atoms with Gasteiger partial charge in [0.2, 0.25) is 11.7 Å². The fourth-order valence-electron chi connectivity index (χ4n) is 2.08. The molecule has 7 nitrogen and oxygen atoms in total. The molecule has 0 aliphatic rings. The first-order valence-corrected chi connectivity index (χ1v) is 7.54. The van der Waals surface area contributed by atoms with Crippen molar-refractivity contribution in [2.24, 2.45) is 5.92 Å². The smallest absolute Gasteiger partial charge is 0.313 e. The fraction of sp³-hybridized carbons (Fsp3) is 0.467. The minimum Gasteiger partial charge on any atom is -0.313 e. The van der Waals surface area contributed by atoms with Crippen LogP contribution in [0.25, 0.3) is 11.4 Å². The van der Waals surface area contributed by atoms with Crippen molar-refractivity contribution in [1.82, 2.24) is 20.6 Å². The van der Waals surface area contributed by atoms with Gasteiger partial charge in [-0.05, 0) is 25.0 Å². The summed E-state index contributed by atoms with van der Waals surface area (Å²) >= 11 is 0. The molecule has 0 fully saturated rings. The lowest BCUT2D eigenvalue weighted by atomic mass is 9.99. The summed E-state index contributed by atoms with van der Waals surface area (Å²) < 4.78 is 5.06. The van der Waals surface area contributed by atoms with Crippen molar-refractivity contribution < 1.29 is 9.32 Å². The number of nitrogens with one attached hydrogen (secondary N) is 2. The summed E-state index contributed by atoms with van der Waals surface area (Å²) in [6.45, 7) is 4.12. The van der Waals surface area contributed by atoms with E-state index in [0.29, 0.717) is 5.82 Å². The van der Waals surface area contributed by atoms with Gasteiger partial charge >= 0.3 is 6.01 Å². The Morgan fingerprint density at radius 2 is 2.09 bits per heavy atom. The zero-order chi connectivity index (χ0) is 15.8. The molecular weight excluding hydrogens is 282 g/mol. The number of hydrogen-bond donors (Lipinski definition) is 2. The molecule has 0 radical (unpaired) electrons. The van der Waals surface area contributed by atoms with Crippen molar-refractivity contribution in [1.29, 1.82) is 0 Å². The van der Waals surface area contributed by atoms with E-state index >= 15 is 0 Å². The highest BCUT2D eigenvalue weighted by Gasteiger charge is 2.16. The molecule has 1 unspecified atom stereocenters. The van der Waals surface area contributed by atoms with E-state index in [4.69, 9.17) is 4.52 Å². The first-order chi connectivity index (χ1) is 10.7. The van der Waals surface area contributed by atoms with Crippen LogP contribution in [-0.2, 0) is 4.79 Å². The lowest BCUT2D eigenvalue weighted by molar-refractivity contribution is -0.124. The Hall–Kier alpha value is -2.44. The molecule has 0 aromatic carbocycles. The van der Waals surface area contributed by atoms with Gasteiger partial charge in [-0.15, -0.1) is 0 Å². The molecule has 0 spiro atoms. The summed E-state index contributed by atoms with van der Waals surface area (Å²) in [5.41, 5.74) is 6.10. The molecular formula is C15H21N5O2. The quantitative estimate of drug-likeness (QED) is 0.728. The molecule has 0 saturated carbocycles. The van der Waals surface area contributed by atoms with Gasteiger partial charge in [-0.25, -0.2) is 5.43 Å². The molecule has 0 saturated heterocycles. The number of aromatic nitrogens is 3. The number of nitrogens with zero attached hydrogens (tertiary/aromatic N) is 3. The van der Waals surface area contributed by atoms with E-state index < -0.39 is 0 Å². The number of carbonyl (C=O) groups is 1. The third-order valence-corrected chi connectivity index (χ3v) is 3.43. The molecule has 1 amide bonds. The van der Waals surface area contributed by atoms with E-state index in [-0.39, 0.29) is 17.8 Å². The summed E-state index contributed by atoms with van der Waals surface area (Å²) in [5.74, 6) is 0.381. The summed E-state index contributed by atoms with van der Waals surface area (Å²) in [6, 6.07) is 3.72. The van der Waals surface area contributed by atoms with Crippen molar-refractivity contribution in [2.45, 2.75) is 39.5 Å². The largest absolute Gasteiger partial charge is 0.340 e. The highest BCUT2D eigenvalue weighted by atomic mass is 16.5. The van der Waals surface area contributed by atoms with Gasteiger partial charge in [0.25, 0.3) is 0 Å². The van der Waals surface area contributed by atoms with Gasteiger partial charge in [-0.2, -0.15) is 4.98 Å². The Bertz CT molecular complexity index is 585. The van der Waals surface area contributed by atoms with Gasteiger partial charge < -0.3 is 4.52 Å². The maximum absolute atomic E-state index is 12.1. The Morgan fingerprint density at radius 1 is 1.32 bits per heavy atom. The van der Waals surface area contributed by atoms with Crippen LogP contribution >= 0.6 is 0 Å². The molecule has 0 bridgehead atoms. The van der Waals surface area contributed by atoms with Crippen molar-refractivity contribution in [3.05, 3.63) is 24.5 Å². The molecule has 22 heavy (non-hydrogen) atoms. The van der Waals surface area contributed by atoms with Crippen LogP contribution in [0.15, 0.2) is 29.0 Å². The Labute approximate surface area is 129 Å². The summed E-state index contributed by atoms with van der Waals surface area (Å²) in [4.78, 5) is 20.2. The third-order valence-electron chi connectivity index (χ3n) is 3.43. The lowest BCUT2D eigenvalue weighted by Gasteiger charge is -2.13. The van der Waals surface area contributed by atoms with Crippen LogP contribution in [0, 0.1) is 5.92 Å². The van der Waals surface area contributed by atoms with Gasteiger partial charge in [0.05, 0.1) is 0 Å². The second-order valence-electron chi connectivity index (χ2n) is 5.02. The molecule has 1 atom stereocenters. The van der Waals surface area contributed by atoms with Crippen molar-refractivity contribution in [2.75, 3.05) is 5.43 Å². The first-order valence-electron chi connectivity index (χ1n) is 7.54. The molecule has 2 heterocycles. The zero-order valence-corrected chi connectivity index (χ0v) is 12.9. The molecule has 2 rings (SSSR count). The number of anilines is 1. The minimum absolute atomic E-state index is 0.00459. The second-order valence-corrected chi connectivity index (χ2v) is 5.02. The van der Waals surface area contributed by atoms with Gasteiger partial charge in [0, 0.05) is 23.9 Å². The van der Waals surface area contributed by atoms with Crippen molar-refractivity contribution in [3.63, 3.8) is 0 Å². The van der Waals surface area contributed by atoms with Gasteiger partial charge in [0.15, 0.2) is 0 Å². The maximum atomic E-state index is 12.1. The topological polar surface area (TPSA) is 92.9 Å². The number of carbonyl (C=O) groups excluding carboxylic acids is 1. The van der Waals surface area contributed by atoms with Crippen LogP contribution in [0.3, 0.4) is 0 Å². The van der Waals surface area contributed by atoms with Crippen LogP contribution in [0.5, 0.6) is 0 Å². The Balaban J connectivity index is 1.89. The molecule has 7 heteroatoms. The number of pyridine rings is 1. The molecule has 2 N–H and O–H groups in total. The van der Waals surface area contributed by atoms with Crippen LogP contribution < -0.4 is 10.9 Å². The molecule has 0 aliphatic heterocycles. The monoisotopic (exact) mass is 303 g/mol. The van der Waals surface area contributed by atoms with Crippen LogP contribution in [0.4, 0.5) is 6.01 Å². The zero-order valence-electron chi connectivity index (χ0n) is 12.9. The third kappa shape index (κ3) is 4.28. The predicted molar refractivity (Wildman–Crippen MR) is 82.6 cm³/mol. The van der Waals surface area contributed by atoms with Gasteiger partial charge in [-0.3, -0.25) is 15.2 Å². The van der Waals surface area contributed by atoms with Crippen molar-refractivity contribution >= 4 is 11.9 Å². The molecule has 2 aromatic heterocycles. The summed E-state index contributed by atoms with van der Waals surface area (Å²) in [7, 11) is 0. The maximum Gasteiger partial charge on any atom is 0.340 e. The SMILES string of the molecule is CCCCC(CC)C(=O)NNc1nc(-c2ccncc2)no1. The predicted octanol–water partition coefficient (Wildman–Crippen LogP) is 2.79. The standard InChI is InChI=1S/C15H21N5O2/c1-3-5-6-11(4-2)14(21)18-19-15-17-13(20-22-15)12-7-9-16-10-8-12/h7-11H,3-6H2,1-2H3,(H,18,21)(H,17,19,20). The van der Waals surface area contributed by atoms with Crippen molar-refractivity contribution in [3.8, 4) is 11.4 Å². The average Bonchev–Trinajstić information content (AvgIpc) is 3.03. The number of unbranched alkanes of at least 4 members (excludes halogenated alkanes) is 1. The van der Waals surface area contributed by atoms with E-state index in [9.17, 15) is 4.79 Å². The van der Waals surface area contributed by atoms with Gasteiger partial charge in [0.1, 0.15) is 0 Å². The van der Waals surface area contributed by atoms with E-state index in [1.165, 1.54) is 0 Å². The van der Waals surface area contributed by atoms with E-state index in [0.717, 1.165) is 31.2 Å². The Kier molecular flexibility index (Phi) is 5.88. The average molecular weight is 303 g/mol. The molecule has 0 aliphatic carbocycles. The summed E-state index contributed by atoms with van der Waals surface area (Å²) in [5, 5.41) is 3.85. The number of hydrazine groups is 1. The van der Waals surface area contributed by atoms with E-state index in [1.54, 1.807) is 24.5 Å². The van der Waals surface area contributed by atoms with Crippen LogP contribution in [0.1, 0.15) is 39.5 Å². The summed E-state index contributed by atoms with van der Waals surface area (Å²) in [6.07, 6.45) is 7.11. The minimum atomic E-state index is -0.0559. The van der Waals surface area contributed by atoms with Gasteiger partial charge in [-0.1, -0.05) is 31.8 Å². The van der Waals surface area contributed by atoms with Crippen LogP contribution in [-0.4, -0.2) is 21.0 Å². The van der Waals surface area contributed by atoms with E-state index in [1.807, 2.05) is 6.92 Å². The highest BCUT2D eigenvalue weighted by Crippen LogP contribution is 2.16. The number of rotatable bonds is 8. The Morgan fingerprint density at radius 3 is 2.77 bits per heavy atom. The first kappa shape index (κ1) is 15.9. The lowest BCUT2D eigenvalue weighted by Crippen LogP contribution is -2.35. The second kappa shape index (κ2) is 8.11. The van der Waals surface area contributed by atoms with Crippen LogP contribution in [0.2, 0.25) is 0 Å². The molecule has 118 valence electrons. The highest BCUT2D eigenvalue weighted by molar-refractivity contribution is 5.79. The normalized spacial score (nSPS) is 11.9. The number of amides is 1. The fourth-order valence-corrected chi connectivity index (χ4v) is 2.08. The van der Waals surface area contributed by atoms with E-state index in [2.05, 4.69) is 32.9 Å².